The van der Waals surface area contributed by atoms with E-state index in [1.165, 1.54) is 29.4 Å². The van der Waals surface area contributed by atoms with E-state index in [2.05, 4.69) is 4.98 Å². The molecule has 0 saturated carbocycles. The van der Waals surface area contributed by atoms with Crippen molar-refractivity contribution >= 4 is 40.2 Å². The number of furan rings is 1. The first-order chi connectivity index (χ1) is 19.4. The maximum atomic E-state index is 13.6. The Balaban J connectivity index is 1.29. The van der Waals surface area contributed by atoms with Gasteiger partial charge in [-0.1, -0.05) is 18.2 Å². The van der Waals surface area contributed by atoms with E-state index in [1.807, 2.05) is 24.3 Å². The van der Waals surface area contributed by atoms with Gasteiger partial charge in [0.25, 0.3) is 17.5 Å². The molecule has 0 bridgehead atoms. The average Bonchev–Trinajstić information content (AvgIpc) is 3.71. The third kappa shape index (κ3) is 4.49. The van der Waals surface area contributed by atoms with Crippen LogP contribution < -0.4 is 4.90 Å². The number of imide groups is 1. The van der Waals surface area contributed by atoms with Crippen LogP contribution in [0.5, 0.6) is 0 Å². The van der Waals surface area contributed by atoms with Gasteiger partial charge in [0.2, 0.25) is 11.8 Å². The molecule has 1 aliphatic heterocycles. The number of para-hydroxylation sites is 2. The molecule has 11 heteroatoms. The molecule has 1 fully saturated rings. The van der Waals surface area contributed by atoms with Crippen LogP contribution in [0.3, 0.4) is 0 Å². The van der Waals surface area contributed by atoms with Crippen molar-refractivity contribution in [3.63, 3.8) is 0 Å². The Bertz CT molecular complexity index is 1730. The number of nitro groups is 1. The highest BCUT2D eigenvalue weighted by Crippen LogP contribution is 2.31. The Hall–Kier alpha value is -5.58. The fraction of sp³-hybridized carbons (Fsp3) is 0.103. The molecular formula is C29H20N4O7. The number of oxazole rings is 1. The number of fused-ring (bicyclic) bond motifs is 1. The maximum Gasteiger partial charge on any atom is 0.270 e. The summed E-state index contributed by atoms with van der Waals surface area (Å²) in [7, 11) is 0. The summed E-state index contributed by atoms with van der Waals surface area (Å²) in [6.45, 7) is -0.108. The number of carbonyl (C=O) groups is 3. The molecular weight excluding hydrogens is 516 g/mol. The molecule has 1 saturated heterocycles. The Morgan fingerprint density at radius 2 is 1.82 bits per heavy atom. The highest BCUT2D eigenvalue weighted by molar-refractivity contribution is 6.23. The van der Waals surface area contributed by atoms with E-state index in [0.717, 1.165) is 11.0 Å². The molecule has 1 aliphatic rings. The zero-order chi connectivity index (χ0) is 27.8. The molecule has 40 heavy (non-hydrogen) atoms. The van der Waals surface area contributed by atoms with Crippen molar-refractivity contribution in [3.8, 4) is 11.5 Å². The van der Waals surface area contributed by atoms with Gasteiger partial charge in [0.1, 0.15) is 17.3 Å². The highest BCUT2D eigenvalue weighted by Gasteiger charge is 2.45. The van der Waals surface area contributed by atoms with Gasteiger partial charge in [0.15, 0.2) is 5.58 Å². The van der Waals surface area contributed by atoms with E-state index < -0.39 is 28.7 Å². The second-order valence-corrected chi connectivity index (χ2v) is 9.14. The summed E-state index contributed by atoms with van der Waals surface area (Å²) >= 11 is 0. The van der Waals surface area contributed by atoms with Crippen LogP contribution >= 0.6 is 0 Å². The van der Waals surface area contributed by atoms with Gasteiger partial charge < -0.3 is 13.7 Å². The van der Waals surface area contributed by atoms with Crippen molar-refractivity contribution in [2.24, 2.45) is 0 Å². The number of anilines is 1. The third-order valence-electron chi connectivity index (χ3n) is 6.64. The largest absolute Gasteiger partial charge is 0.467 e. The molecule has 3 amide bonds. The molecule has 0 N–H and O–H groups in total. The van der Waals surface area contributed by atoms with Crippen LogP contribution in [0.25, 0.3) is 22.6 Å². The molecule has 3 aromatic carbocycles. The van der Waals surface area contributed by atoms with Crippen LogP contribution in [0.2, 0.25) is 0 Å². The summed E-state index contributed by atoms with van der Waals surface area (Å²) in [6, 6.07) is 21.3. The molecule has 0 aliphatic carbocycles. The molecule has 0 radical (unpaired) electrons. The van der Waals surface area contributed by atoms with Crippen molar-refractivity contribution < 1.29 is 28.1 Å². The van der Waals surface area contributed by atoms with E-state index in [0.29, 0.717) is 34.0 Å². The fourth-order valence-electron chi connectivity index (χ4n) is 4.69. The van der Waals surface area contributed by atoms with E-state index in [1.54, 1.807) is 36.4 Å². The minimum absolute atomic E-state index is 0.0159. The topological polar surface area (TPSA) is 140 Å². The Morgan fingerprint density at radius 1 is 1.02 bits per heavy atom. The monoisotopic (exact) mass is 536 g/mol. The van der Waals surface area contributed by atoms with Gasteiger partial charge in [-0.2, -0.15) is 0 Å². The van der Waals surface area contributed by atoms with Crippen molar-refractivity contribution in [1.29, 1.82) is 0 Å². The summed E-state index contributed by atoms with van der Waals surface area (Å²) in [5.74, 6) is -0.928. The number of non-ortho nitro benzene ring substituents is 1. The molecule has 1 atom stereocenters. The van der Waals surface area contributed by atoms with Crippen LogP contribution in [0.1, 0.15) is 22.5 Å². The summed E-state index contributed by atoms with van der Waals surface area (Å²) in [6.07, 6.45) is 1.17. The maximum absolute atomic E-state index is 13.6. The molecule has 0 spiro atoms. The molecule has 6 rings (SSSR count). The summed E-state index contributed by atoms with van der Waals surface area (Å²) in [4.78, 5) is 57.7. The van der Waals surface area contributed by atoms with Crippen LogP contribution in [0.15, 0.2) is 100 Å². The molecule has 5 aromatic rings. The third-order valence-corrected chi connectivity index (χ3v) is 6.64. The first kappa shape index (κ1) is 24.7. The van der Waals surface area contributed by atoms with Crippen LogP contribution in [0, 0.1) is 10.1 Å². The van der Waals surface area contributed by atoms with Gasteiger partial charge in [-0.25, -0.2) is 9.88 Å². The number of aromatic nitrogens is 1. The molecule has 3 heterocycles. The van der Waals surface area contributed by atoms with Crippen molar-refractivity contribution in [2.45, 2.75) is 19.0 Å². The second kappa shape index (κ2) is 9.95. The predicted octanol–water partition coefficient (Wildman–Crippen LogP) is 4.97. The number of benzene rings is 3. The fourth-order valence-corrected chi connectivity index (χ4v) is 4.69. The van der Waals surface area contributed by atoms with Gasteiger partial charge in [0, 0.05) is 23.3 Å². The van der Waals surface area contributed by atoms with Crippen molar-refractivity contribution in [1.82, 2.24) is 9.88 Å². The highest BCUT2D eigenvalue weighted by atomic mass is 16.6. The van der Waals surface area contributed by atoms with Crippen LogP contribution in [-0.4, -0.2) is 38.6 Å². The van der Waals surface area contributed by atoms with Gasteiger partial charge in [-0.05, 0) is 54.6 Å². The normalized spacial score (nSPS) is 15.1. The van der Waals surface area contributed by atoms with Crippen LogP contribution in [0.4, 0.5) is 11.4 Å². The summed E-state index contributed by atoms with van der Waals surface area (Å²) < 4.78 is 11.2. The standard InChI is InChI=1S/C29H20N4O7/c34-26-16-24(31(17-22-7-4-14-39-22)28(35)19-5-3-6-21(15-19)33(37)38)29(36)32(26)20-12-10-18(11-13-20)27-30-23-8-1-2-9-25(23)40-27/h1-15,24H,16-17H2. The Labute approximate surface area is 226 Å². The summed E-state index contributed by atoms with van der Waals surface area (Å²) in [5.41, 5.74) is 2.09. The Morgan fingerprint density at radius 3 is 2.55 bits per heavy atom. The zero-order valence-corrected chi connectivity index (χ0v) is 20.8. The van der Waals surface area contributed by atoms with Gasteiger partial charge in [0.05, 0.1) is 29.8 Å². The molecule has 198 valence electrons. The minimum Gasteiger partial charge on any atom is -0.467 e. The molecule has 11 nitrogen and oxygen atoms in total. The number of carbonyl (C=O) groups excluding carboxylic acids is 3. The minimum atomic E-state index is -1.14. The van der Waals surface area contributed by atoms with Crippen LogP contribution in [-0.2, 0) is 16.1 Å². The molecule has 1 unspecified atom stereocenters. The summed E-state index contributed by atoms with van der Waals surface area (Å²) in [5, 5.41) is 11.3. The Kier molecular flexibility index (Phi) is 6.15. The lowest BCUT2D eigenvalue weighted by molar-refractivity contribution is -0.384. The average molecular weight is 537 g/mol. The van der Waals surface area contributed by atoms with E-state index in [9.17, 15) is 24.5 Å². The number of nitrogens with zero attached hydrogens (tertiary/aromatic N) is 4. The van der Waals surface area contributed by atoms with Gasteiger partial charge in [-0.3, -0.25) is 24.5 Å². The lowest BCUT2D eigenvalue weighted by Gasteiger charge is -2.27. The second-order valence-electron chi connectivity index (χ2n) is 9.14. The number of hydrogen-bond acceptors (Lipinski definition) is 8. The van der Waals surface area contributed by atoms with Gasteiger partial charge >= 0.3 is 0 Å². The van der Waals surface area contributed by atoms with Crippen molar-refractivity contribution in [3.05, 3.63) is 113 Å². The first-order valence-corrected chi connectivity index (χ1v) is 12.3. The lowest BCUT2D eigenvalue weighted by Crippen LogP contribution is -2.45. The quantitative estimate of drug-likeness (QED) is 0.161. The number of amides is 3. The smallest absolute Gasteiger partial charge is 0.270 e. The molecule has 2 aromatic heterocycles. The predicted molar refractivity (Wildman–Crippen MR) is 142 cm³/mol. The zero-order valence-electron chi connectivity index (χ0n) is 20.8. The van der Waals surface area contributed by atoms with E-state index in [4.69, 9.17) is 8.83 Å². The van der Waals surface area contributed by atoms with Crippen molar-refractivity contribution in [2.75, 3.05) is 4.90 Å². The lowest BCUT2D eigenvalue weighted by atomic mass is 10.1. The van der Waals surface area contributed by atoms with E-state index >= 15 is 0 Å². The number of rotatable bonds is 7. The number of hydrogen-bond donors (Lipinski definition) is 0. The number of nitro benzene ring substituents is 1. The first-order valence-electron chi connectivity index (χ1n) is 12.3. The van der Waals surface area contributed by atoms with Gasteiger partial charge in [-0.15, -0.1) is 0 Å². The SMILES string of the molecule is O=C1CC(N(Cc2ccco2)C(=O)c2cccc([N+](=O)[O-])c2)C(=O)N1c1ccc(-c2nc3ccccc3o2)cc1. The van der Waals surface area contributed by atoms with E-state index in [-0.39, 0.29) is 24.2 Å².